The molecule has 2 heterocycles. The molecule has 126 valence electrons. The van der Waals surface area contributed by atoms with Crippen molar-refractivity contribution in [2.24, 2.45) is 0 Å². The van der Waals surface area contributed by atoms with Crippen molar-refractivity contribution in [2.75, 3.05) is 18.4 Å². The molecule has 3 aromatic rings. The molecule has 2 N–H and O–H groups in total. The highest BCUT2D eigenvalue weighted by molar-refractivity contribution is 7.17. The minimum atomic E-state index is 0.326. The molecule has 3 rings (SSSR count). The Labute approximate surface area is 146 Å². The zero-order valence-electron chi connectivity index (χ0n) is 14.2. The van der Waals surface area contributed by atoms with Gasteiger partial charge in [0.2, 0.25) is 0 Å². The Balaban J connectivity index is 1.91. The van der Waals surface area contributed by atoms with Crippen molar-refractivity contribution in [3.05, 3.63) is 41.0 Å². The molecule has 0 amide bonds. The van der Waals surface area contributed by atoms with E-state index < -0.39 is 0 Å². The summed E-state index contributed by atoms with van der Waals surface area (Å²) in [5.74, 6) is 1.13. The number of phenols is 1. The smallest absolute Gasteiger partial charge is 0.142 e. The zero-order valence-corrected chi connectivity index (χ0v) is 15.0. The standard InChI is InChI=1S/C18H22N4OS/c1-4-22(5-2)9-13-8-14(6-7-15(13)23)21-17-16-12(3)10-24-18(16)20-11-19-17/h6-8,10-11,23H,4-5,9H2,1-3H3,(H,19,20,21). The largest absolute Gasteiger partial charge is 0.508 e. The van der Waals surface area contributed by atoms with Crippen molar-refractivity contribution in [3.8, 4) is 5.75 Å². The summed E-state index contributed by atoms with van der Waals surface area (Å²) in [5.41, 5.74) is 3.00. The van der Waals surface area contributed by atoms with E-state index in [1.807, 2.05) is 12.1 Å². The Kier molecular flexibility index (Phi) is 4.97. The number of hydrogen-bond donors (Lipinski definition) is 2. The number of aryl methyl sites for hydroxylation is 1. The van der Waals surface area contributed by atoms with Gasteiger partial charge >= 0.3 is 0 Å². The molecule has 6 heteroatoms. The van der Waals surface area contributed by atoms with Crippen LogP contribution in [-0.4, -0.2) is 33.1 Å². The van der Waals surface area contributed by atoms with Crippen LogP contribution in [0.3, 0.4) is 0 Å². The highest BCUT2D eigenvalue weighted by atomic mass is 32.1. The van der Waals surface area contributed by atoms with Gasteiger partial charge in [0.1, 0.15) is 22.7 Å². The summed E-state index contributed by atoms with van der Waals surface area (Å²) < 4.78 is 0. The van der Waals surface area contributed by atoms with Crippen LogP contribution < -0.4 is 5.32 Å². The molecular weight excluding hydrogens is 320 g/mol. The average Bonchev–Trinajstić information content (AvgIpc) is 2.97. The van der Waals surface area contributed by atoms with Gasteiger partial charge in [-0.25, -0.2) is 9.97 Å². The third kappa shape index (κ3) is 3.34. The number of thiophene rings is 1. The number of hydrogen-bond acceptors (Lipinski definition) is 6. The maximum Gasteiger partial charge on any atom is 0.142 e. The lowest BCUT2D eigenvalue weighted by Gasteiger charge is -2.19. The number of aromatic hydroxyl groups is 1. The van der Waals surface area contributed by atoms with E-state index in [1.165, 1.54) is 5.56 Å². The Bertz CT molecular complexity index is 842. The SMILES string of the molecule is CCN(CC)Cc1cc(Nc2ncnc3scc(C)c23)ccc1O. The Morgan fingerprint density at radius 3 is 2.75 bits per heavy atom. The van der Waals surface area contributed by atoms with Crippen LogP contribution in [0.25, 0.3) is 10.2 Å². The Morgan fingerprint density at radius 2 is 2.00 bits per heavy atom. The van der Waals surface area contributed by atoms with Crippen LogP contribution >= 0.6 is 11.3 Å². The minimum Gasteiger partial charge on any atom is -0.508 e. The van der Waals surface area contributed by atoms with Crippen LogP contribution in [0.5, 0.6) is 5.75 Å². The van der Waals surface area contributed by atoms with E-state index in [9.17, 15) is 5.11 Å². The van der Waals surface area contributed by atoms with Gasteiger partial charge in [0, 0.05) is 17.8 Å². The molecule has 0 saturated heterocycles. The number of nitrogens with one attached hydrogen (secondary N) is 1. The third-order valence-electron chi connectivity index (χ3n) is 4.18. The first-order valence-corrected chi connectivity index (χ1v) is 9.00. The molecule has 0 aliphatic rings. The van der Waals surface area contributed by atoms with Gasteiger partial charge < -0.3 is 10.4 Å². The lowest BCUT2D eigenvalue weighted by molar-refractivity contribution is 0.291. The number of nitrogens with zero attached hydrogens (tertiary/aromatic N) is 3. The maximum absolute atomic E-state index is 10.1. The summed E-state index contributed by atoms with van der Waals surface area (Å²) in [5, 5.41) is 16.7. The predicted molar refractivity (Wildman–Crippen MR) is 100 cm³/mol. The van der Waals surface area contributed by atoms with Crippen molar-refractivity contribution in [1.82, 2.24) is 14.9 Å². The topological polar surface area (TPSA) is 61.3 Å². The van der Waals surface area contributed by atoms with E-state index in [0.29, 0.717) is 5.75 Å². The van der Waals surface area contributed by atoms with Gasteiger partial charge in [-0.1, -0.05) is 13.8 Å². The fourth-order valence-corrected chi connectivity index (χ4v) is 3.62. The number of phenolic OH excluding ortho intramolecular Hbond substituents is 1. The van der Waals surface area contributed by atoms with Gasteiger partial charge in [-0.3, -0.25) is 4.90 Å². The lowest BCUT2D eigenvalue weighted by atomic mass is 10.1. The molecule has 5 nitrogen and oxygen atoms in total. The van der Waals surface area contributed by atoms with E-state index in [2.05, 4.69) is 46.3 Å². The fraction of sp³-hybridized carbons (Fsp3) is 0.333. The second-order valence-corrected chi connectivity index (χ2v) is 6.61. The maximum atomic E-state index is 10.1. The van der Waals surface area contributed by atoms with Gasteiger partial charge in [-0.2, -0.15) is 0 Å². The molecule has 0 aliphatic carbocycles. The number of benzene rings is 1. The number of anilines is 2. The van der Waals surface area contributed by atoms with Crippen molar-refractivity contribution in [3.63, 3.8) is 0 Å². The molecule has 0 aliphatic heterocycles. The van der Waals surface area contributed by atoms with Crippen LogP contribution in [0.1, 0.15) is 25.0 Å². The van der Waals surface area contributed by atoms with E-state index in [4.69, 9.17) is 0 Å². The Hall–Kier alpha value is -2.18. The summed E-state index contributed by atoms with van der Waals surface area (Å²) in [7, 11) is 0. The van der Waals surface area contributed by atoms with Crippen LogP contribution in [-0.2, 0) is 6.54 Å². The van der Waals surface area contributed by atoms with Gasteiger partial charge in [-0.15, -0.1) is 11.3 Å². The molecule has 0 saturated carbocycles. The highest BCUT2D eigenvalue weighted by Crippen LogP contribution is 2.31. The molecule has 0 bridgehead atoms. The molecule has 1 aromatic carbocycles. The van der Waals surface area contributed by atoms with Gasteiger partial charge in [0.15, 0.2) is 0 Å². The highest BCUT2D eigenvalue weighted by Gasteiger charge is 2.11. The second-order valence-electron chi connectivity index (χ2n) is 5.75. The normalized spacial score (nSPS) is 11.3. The number of fused-ring (bicyclic) bond motifs is 1. The Morgan fingerprint density at radius 1 is 1.21 bits per heavy atom. The summed E-state index contributed by atoms with van der Waals surface area (Å²) in [6, 6.07) is 5.60. The summed E-state index contributed by atoms with van der Waals surface area (Å²) >= 11 is 1.62. The van der Waals surface area contributed by atoms with E-state index in [1.54, 1.807) is 23.7 Å². The molecule has 0 atom stereocenters. The lowest BCUT2D eigenvalue weighted by Crippen LogP contribution is -2.22. The van der Waals surface area contributed by atoms with Crippen LogP contribution in [0, 0.1) is 6.92 Å². The molecule has 0 unspecified atom stereocenters. The molecule has 0 fully saturated rings. The van der Waals surface area contributed by atoms with Gasteiger partial charge in [-0.05, 0) is 49.2 Å². The quantitative estimate of drug-likeness (QED) is 0.654. The van der Waals surface area contributed by atoms with E-state index in [-0.39, 0.29) is 0 Å². The predicted octanol–water partition coefficient (Wildman–Crippen LogP) is 4.29. The molecule has 2 aromatic heterocycles. The monoisotopic (exact) mass is 342 g/mol. The number of rotatable bonds is 6. The van der Waals surface area contributed by atoms with Crippen molar-refractivity contribution < 1.29 is 5.11 Å². The summed E-state index contributed by atoms with van der Waals surface area (Å²) in [4.78, 5) is 12.0. The molecule has 0 radical (unpaired) electrons. The first kappa shape index (κ1) is 16.7. The second kappa shape index (κ2) is 7.15. The van der Waals surface area contributed by atoms with E-state index >= 15 is 0 Å². The van der Waals surface area contributed by atoms with Crippen LogP contribution in [0.2, 0.25) is 0 Å². The summed E-state index contributed by atoms with van der Waals surface area (Å²) in [6.07, 6.45) is 1.58. The van der Waals surface area contributed by atoms with Gasteiger partial charge in [0.25, 0.3) is 0 Å². The third-order valence-corrected chi connectivity index (χ3v) is 5.19. The van der Waals surface area contributed by atoms with Crippen LogP contribution in [0.15, 0.2) is 29.9 Å². The van der Waals surface area contributed by atoms with Crippen molar-refractivity contribution >= 4 is 33.1 Å². The first-order chi connectivity index (χ1) is 11.6. The fourth-order valence-electron chi connectivity index (χ4n) is 2.73. The molecular formula is C18H22N4OS. The van der Waals surface area contributed by atoms with Crippen LogP contribution in [0.4, 0.5) is 11.5 Å². The molecule has 0 spiro atoms. The van der Waals surface area contributed by atoms with Gasteiger partial charge in [0.05, 0.1) is 5.39 Å². The minimum absolute atomic E-state index is 0.326. The summed E-state index contributed by atoms with van der Waals surface area (Å²) in [6.45, 7) is 8.95. The van der Waals surface area contributed by atoms with E-state index in [0.717, 1.165) is 46.9 Å². The van der Waals surface area contributed by atoms with Crippen molar-refractivity contribution in [1.29, 1.82) is 0 Å². The number of aromatic nitrogens is 2. The zero-order chi connectivity index (χ0) is 17.1. The first-order valence-electron chi connectivity index (χ1n) is 8.12. The molecule has 24 heavy (non-hydrogen) atoms. The van der Waals surface area contributed by atoms with Crippen molar-refractivity contribution in [2.45, 2.75) is 27.3 Å². The average molecular weight is 342 g/mol.